The van der Waals surface area contributed by atoms with E-state index in [1.807, 2.05) is 26.0 Å². The lowest BCUT2D eigenvalue weighted by molar-refractivity contribution is 0.440. The Morgan fingerprint density at radius 2 is 2.23 bits per heavy atom. The number of nitrogens with zero attached hydrogens (tertiary/aromatic N) is 1. The third kappa shape index (κ3) is 5.45. The number of hydrogen-bond acceptors (Lipinski definition) is 4. The molecule has 2 atom stereocenters. The molecule has 2 N–H and O–H groups in total. The van der Waals surface area contributed by atoms with E-state index < -0.39 is 9.84 Å². The molecule has 2 unspecified atom stereocenters. The Morgan fingerprint density at radius 3 is 2.73 bits per heavy atom. The predicted octanol–water partition coefficient (Wildman–Crippen LogP) is 1.87. The van der Waals surface area contributed by atoms with E-state index in [0.717, 1.165) is 17.9 Å². The molecule has 1 aromatic heterocycles. The second-order valence-corrected chi connectivity index (χ2v) is 7.77. The fourth-order valence-corrected chi connectivity index (χ4v) is 4.29. The first-order chi connectivity index (χ1) is 9.89. The van der Waals surface area contributed by atoms with Crippen molar-refractivity contribution in [2.24, 2.45) is 10.9 Å². The highest BCUT2D eigenvalue weighted by Crippen LogP contribution is 2.18. The number of aryl methyl sites for hydroxylation is 1. The maximum absolute atomic E-state index is 11.4. The summed E-state index contributed by atoms with van der Waals surface area (Å²) in [6, 6.07) is 3.86. The average Bonchev–Trinajstić information content (AvgIpc) is 3.00. The van der Waals surface area contributed by atoms with Crippen molar-refractivity contribution in [2.75, 3.05) is 25.1 Å². The molecule has 8 heteroatoms. The van der Waals surface area contributed by atoms with Crippen molar-refractivity contribution in [1.82, 2.24) is 10.6 Å². The number of rotatable bonds is 4. The van der Waals surface area contributed by atoms with Gasteiger partial charge >= 0.3 is 0 Å². The molecule has 0 saturated carbocycles. The minimum atomic E-state index is -2.83. The van der Waals surface area contributed by atoms with Gasteiger partial charge in [0.2, 0.25) is 0 Å². The second-order valence-electron chi connectivity index (χ2n) is 5.54. The van der Waals surface area contributed by atoms with Crippen LogP contribution in [0, 0.1) is 12.8 Å². The van der Waals surface area contributed by atoms with E-state index >= 15 is 0 Å². The highest BCUT2D eigenvalue weighted by atomic mass is 127. The molecule has 1 aliphatic rings. The summed E-state index contributed by atoms with van der Waals surface area (Å²) >= 11 is 0. The van der Waals surface area contributed by atoms with Crippen LogP contribution in [0.25, 0.3) is 0 Å². The lowest BCUT2D eigenvalue weighted by Crippen LogP contribution is -2.41. The summed E-state index contributed by atoms with van der Waals surface area (Å²) in [5, 5.41) is 6.43. The Kier molecular flexibility index (Phi) is 7.17. The van der Waals surface area contributed by atoms with Crippen LogP contribution in [0.1, 0.15) is 30.9 Å². The van der Waals surface area contributed by atoms with Crippen molar-refractivity contribution in [3.63, 3.8) is 0 Å². The minimum absolute atomic E-state index is 0. The molecule has 0 aliphatic carbocycles. The van der Waals surface area contributed by atoms with E-state index in [0.29, 0.717) is 18.3 Å². The molecule has 0 aromatic carbocycles. The molecule has 0 bridgehead atoms. The molecule has 2 heterocycles. The summed E-state index contributed by atoms with van der Waals surface area (Å²) < 4.78 is 28.4. The molecule has 0 radical (unpaired) electrons. The average molecular weight is 441 g/mol. The number of nitrogens with one attached hydrogen (secondary N) is 2. The van der Waals surface area contributed by atoms with Crippen molar-refractivity contribution in [3.05, 3.63) is 23.7 Å². The van der Waals surface area contributed by atoms with Gasteiger partial charge in [-0.15, -0.1) is 24.0 Å². The lowest BCUT2D eigenvalue weighted by Gasteiger charge is -2.18. The molecule has 0 amide bonds. The number of halogens is 1. The van der Waals surface area contributed by atoms with Gasteiger partial charge in [-0.3, -0.25) is 4.99 Å². The van der Waals surface area contributed by atoms with E-state index in [4.69, 9.17) is 4.42 Å². The summed E-state index contributed by atoms with van der Waals surface area (Å²) in [7, 11) is -1.13. The molecule has 1 fully saturated rings. The summed E-state index contributed by atoms with van der Waals surface area (Å²) in [4.78, 5) is 4.16. The van der Waals surface area contributed by atoms with Crippen molar-refractivity contribution in [2.45, 2.75) is 26.3 Å². The first-order valence-electron chi connectivity index (χ1n) is 7.13. The minimum Gasteiger partial charge on any atom is -0.464 e. The third-order valence-electron chi connectivity index (χ3n) is 3.65. The number of sulfone groups is 1. The van der Waals surface area contributed by atoms with Gasteiger partial charge < -0.3 is 15.1 Å². The van der Waals surface area contributed by atoms with Gasteiger partial charge in [-0.05, 0) is 38.3 Å². The van der Waals surface area contributed by atoms with Gasteiger partial charge in [0.05, 0.1) is 17.5 Å². The van der Waals surface area contributed by atoms with E-state index in [1.165, 1.54) is 0 Å². The van der Waals surface area contributed by atoms with Gasteiger partial charge in [0.15, 0.2) is 15.8 Å². The largest absolute Gasteiger partial charge is 0.464 e. The van der Waals surface area contributed by atoms with Crippen molar-refractivity contribution < 1.29 is 12.8 Å². The molecule has 1 saturated heterocycles. The van der Waals surface area contributed by atoms with Crippen LogP contribution < -0.4 is 10.6 Å². The summed E-state index contributed by atoms with van der Waals surface area (Å²) in [6.45, 7) is 4.51. The number of aliphatic imine (C=N–C) groups is 1. The van der Waals surface area contributed by atoms with Crippen LogP contribution in [0.3, 0.4) is 0 Å². The van der Waals surface area contributed by atoms with Crippen LogP contribution in [-0.4, -0.2) is 39.5 Å². The standard InChI is InChI=1S/C14H23N3O3S.HI/c1-10-4-5-13(20-10)11(2)17-14(15-3)16-8-12-6-7-21(18,19)9-12;/h4-5,11-12H,6-9H2,1-3H3,(H2,15,16,17);1H. The van der Waals surface area contributed by atoms with E-state index in [9.17, 15) is 8.42 Å². The monoisotopic (exact) mass is 441 g/mol. The van der Waals surface area contributed by atoms with Crippen LogP contribution in [0.2, 0.25) is 0 Å². The van der Waals surface area contributed by atoms with Gasteiger partial charge in [0.1, 0.15) is 11.5 Å². The van der Waals surface area contributed by atoms with Crippen molar-refractivity contribution in [1.29, 1.82) is 0 Å². The zero-order chi connectivity index (χ0) is 15.5. The number of hydrogen-bond donors (Lipinski definition) is 2. The maximum atomic E-state index is 11.4. The zero-order valence-electron chi connectivity index (χ0n) is 13.1. The van der Waals surface area contributed by atoms with Gasteiger partial charge in [-0.2, -0.15) is 0 Å². The topological polar surface area (TPSA) is 83.7 Å². The summed E-state index contributed by atoms with van der Waals surface area (Å²) in [5.74, 6) is 3.10. The molecule has 1 aliphatic heterocycles. The molecule has 6 nitrogen and oxygen atoms in total. The molecule has 22 heavy (non-hydrogen) atoms. The first-order valence-corrected chi connectivity index (χ1v) is 8.95. The van der Waals surface area contributed by atoms with Crippen LogP contribution in [0.15, 0.2) is 21.5 Å². The lowest BCUT2D eigenvalue weighted by atomic mass is 10.1. The summed E-state index contributed by atoms with van der Waals surface area (Å²) in [6.07, 6.45) is 0.721. The maximum Gasteiger partial charge on any atom is 0.191 e. The van der Waals surface area contributed by atoms with Crippen LogP contribution >= 0.6 is 24.0 Å². The van der Waals surface area contributed by atoms with Gasteiger partial charge in [-0.1, -0.05) is 0 Å². The van der Waals surface area contributed by atoms with Crippen LogP contribution in [-0.2, 0) is 9.84 Å². The highest BCUT2D eigenvalue weighted by Gasteiger charge is 2.27. The third-order valence-corrected chi connectivity index (χ3v) is 5.49. The smallest absolute Gasteiger partial charge is 0.191 e. The molecule has 0 spiro atoms. The Bertz CT molecular complexity index is 613. The summed E-state index contributed by atoms with van der Waals surface area (Å²) in [5.41, 5.74) is 0. The predicted molar refractivity (Wildman–Crippen MR) is 98.5 cm³/mol. The fourth-order valence-electron chi connectivity index (χ4n) is 2.43. The van der Waals surface area contributed by atoms with Crippen molar-refractivity contribution in [3.8, 4) is 0 Å². The normalized spacial score (nSPS) is 22.0. The molecule has 126 valence electrons. The highest BCUT2D eigenvalue weighted by molar-refractivity contribution is 14.0. The van der Waals surface area contributed by atoms with E-state index in [2.05, 4.69) is 15.6 Å². The second kappa shape index (κ2) is 8.19. The van der Waals surface area contributed by atoms with Crippen molar-refractivity contribution >= 4 is 39.8 Å². The molecular weight excluding hydrogens is 417 g/mol. The number of furan rings is 1. The van der Waals surface area contributed by atoms with Gasteiger partial charge in [0, 0.05) is 13.6 Å². The zero-order valence-corrected chi connectivity index (χ0v) is 16.3. The van der Waals surface area contributed by atoms with E-state index in [-0.39, 0.29) is 41.7 Å². The Balaban J connectivity index is 0.00000242. The molecule has 2 rings (SSSR count). The number of guanidine groups is 1. The quantitative estimate of drug-likeness (QED) is 0.424. The van der Waals surface area contributed by atoms with Gasteiger partial charge in [-0.25, -0.2) is 8.42 Å². The first kappa shape index (κ1) is 19.3. The SMILES string of the molecule is CN=C(NCC1CCS(=O)(=O)C1)NC(C)c1ccc(C)o1.I. The van der Waals surface area contributed by atoms with E-state index in [1.54, 1.807) is 7.05 Å². The van der Waals surface area contributed by atoms with Gasteiger partial charge in [0.25, 0.3) is 0 Å². The molecule has 1 aromatic rings. The van der Waals surface area contributed by atoms with Crippen LogP contribution in [0.4, 0.5) is 0 Å². The molecular formula is C14H24IN3O3S. The Hall–Kier alpha value is -0.770. The Labute approximate surface area is 149 Å². The van der Waals surface area contributed by atoms with Crippen LogP contribution in [0.5, 0.6) is 0 Å². The fraction of sp³-hybridized carbons (Fsp3) is 0.643. The Morgan fingerprint density at radius 1 is 1.50 bits per heavy atom.